The lowest BCUT2D eigenvalue weighted by Gasteiger charge is -2.17. The molecule has 7 nitrogen and oxygen atoms in total. The molecule has 0 radical (unpaired) electrons. The lowest BCUT2D eigenvalue weighted by atomic mass is 10.1. The summed E-state index contributed by atoms with van der Waals surface area (Å²) in [4.78, 5) is 12.0. The summed E-state index contributed by atoms with van der Waals surface area (Å²) in [6.45, 7) is 1.82. The van der Waals surface area contributed by atoms with Gasteiger partial charge in [0, 0.05) is 29.9 Å². The van der Waals surface area contributed by atoms with Gasteiger partial charge in [-0.3, -0.25) is 4.57 Å². The van der Waals surface area contributed by atoms with E-state index in [2.05, 4.69) is 12.6 Å². The monoisotopic (exact) mass is 353 g/mol. The van der Waals surface area contributed by atoms with Crippen LogP contribution in [0.25, 0.3) is 0 Å². The summed E-state index contributed by atoms with van der Waals surface area (Å²) < 4.78 is 5.96. The highest BCUT2D eigenvalue weighted by molar-refractivity contribution is 7.80. The third-order valence-corrected chi connectivity index (χ3v) is 3.90. The molecule has 2 aromatic rings. The van der Waals surface area contributed by atoms with Crippen LogP contribution in [0.1, 0.15) is 24.1 Å². The summed E-state index contributed by atoms with van der Waals surface area (Å²) in [7, 11) is 0. The summed E-state index contributed by atoms with van der Waals surface area (Å²) in [5.74, 6) is -1.44. The zero-order valence-corrected chi connectivity index (χ0v) is 13.9. The largest absolute Gasteiger partial charge is 0.508 e. The van der Waals surface area contributed by atoms with Crippen molar-refractivity contribution in [1.29, 1.82) is 0 Å². The lowest BCUT2D eigenvalue weighted by Crippen LogP contribution is -2.23. The molecule has 8 heteroatoms. The van der Waals surface area contributed by atoms with Crippen LogP contribution in [0.3, 0.4) is 0 Å². The van der Waals surface area contributed by atoms with Crippen molar-refractivity contribution in [1.82, 2.24) is 4.57 Å². The highest BCUT2D eigenvalue weighted by Crippen LogP contribution is 2.35. The van der Waals surface area contributed by atoms with Gasteiger partial charge in [-0.2, -0.15) is 12.6 Å². The molecule has 24 heavy (non-hydrogen) atoms. The van der Waals surface area contributed by atoms with Gasteiger partial charge in [-0.05, 0) is 18.6 Å². The second kappa shape index (κ2) is 7.39. The number of hydrogen-bond acceptors (Lipinski definition) is 7. The fraction of sp³-hybridized carbons (Fsp3) is 0.312. The Morgan fingerprint density at radius 1 is 1.21 bits per heavy atom. The van der Waals surface area contributed by atoms with Crippen molar-refractivity contribution in [3.8, 4) is 23.3 Å². The Hall–Kier alpha value is -2.48. The maximum absolute atomic E-state index is 12.0. The number of thiol groups is 1. The summed E-state index contributed by atoms with van der Waals surface area (Å²) in [5, 5.41) is 39.6. The number of aromatic nitrogens is 1. The first kappa shape index (κ1) is 17.9. The van der Waals surface area contributed by atoms with Gasteiger partial charge in [0.1, 0.15) is 17.5 Å². The number of benzene rings is 1. The molecule has 1 atom stereocenters. The van der Waals surface area contributed by atoms with Gasteiger partial charge in [-0.1, -0.05) is 6.07 Å². The Morgan fingerprint density at radius 3 is 2.50 bits per heavy atom. The smallest absolute Gasteiger partial charge is 0.330 e. The van der Waals surface area contributed by atoms with E-state index in [4.69, 9.17) is 4.74 Å². The van der Waals surface area contributed by atoms with Crippen LogP contribution in [0.4, 0.5) is 0 Å². The van der Waals surface area contributed by atoms with Gasteiger partial charge in [-0.25, -0.2) is 4.79 Å². The Balaban J connectivity index is 2.36. The van der Waals surface area contributed by atoms with Crippen LogP contribution in [0.5, 0.6) is 23.3 Å². The van der Waals surface area contributed by atoms with E-state index < -0.39 is 12.0 Å². The molecule has 0 aliphatic rings. The minimum absolute atomic E-state index is 0.0263. The van der Waals surface area contributed by atoms with Gasteiger partial charge in [0.05, 0.1) is 6.61 Å². The van der Waals surface area contributed by atoms with E-state index in [1.165, 1.54) is 24.3 Å². The number of rotatable bonds is 6. The number of aromatic hydroxyl groups is 4. The standard InChI is InChI=1S/C16H19NO6S/c1-2-23-16(22)12(8-24)17-14(20)6-10(15(17)21)5-9-3-4-11(18)7-13(9)19/h3-4,6-7,12,18-21,24H,2,5,8H2,1H3. The predicted octanol–water partition coefficient (Wildman–Crippen LogP) is 1.94. The van der Waals surface area contributed by atoms with Crippen LogP contribution in [0.2, 0.25) is 0 Å². The first-order valence-electron chi connectivity index (χ1n) is 7.29. The second-order valence-electron chi connectivity index (χ2n) is 5.16. The predicted molar refractivity (Wildman–Crippen MR) is 89.9 cm³/mol. The van der Waals surface area contributed by atoms with Gasteiger partial charge < -0.3 is 25.2 Å². The number of ether oxygens (including phenoxy) is 1. The molecule has 1 aromatic carbocycles. The molecule has 4 N–H and O–H groups in total. The first-order valence-corrected chi connectivity index (χ1v) is 7.92. The molecule has 1 unspecified atom stereocenters. The second-order valence-corrected chi connectivity index (χ2v) is 5.53. The summed E-state index contributed by atoms with van der Waals surface area (Å²) in [5.41, 5.74) is 0.753. The van der Waals surface area contributed by atoms with E-state index in [9.17, 15) is 25.2 Å². The van der Waals surface area contributed by atoms with E-state index in [0.29, 0.717) is 11.1 Å². The van der Waals surface area contributed by atoms with E-state index in [-0.39, 0.29) is 42.0 Å². The summed E-state index contributed by atoms with van der Waals surface area (Å²) >= 11 is 4.08. The molecule has 0 aliphatic heterocycles. The van der Waals surface area contributed by atoms with Crippen molar-refractivity contribution >= 4 is 18.6 Å². The molecule has 0 spiro atoms. The molecule has 0 aliphatic carbocycles. The molecule has 130 valence electrons. The Bertz CT molecular complexity index is 742. The minimum atomic E-state index is -0.976. The van der Waals surface area contributed by atoms with Crippen LogP contribution < -0.4 is 0 Å². The maximum atomic E-state index is 12.0. The Kier molecular flexibility index (Phi) is 5.50. The minimum Gasteiger partial charge on any atom is -0.508 e. The summed E-state index contributed by atoms with van der Waals surface area (Å²) in [6, 6.07) is 4.41. The zero-order valence-electron chi connectivity index (χ0n) is 13.0. The molecule has 2 rings (SSSR count). The molecular weight excluding hydrogens is 334 g/mol. The average molecular weight is 353 g/mol. The number of phenolic OH excluding ortho intramolecular Hbond substituents is 2. The number of carbonyl (C=O) groups excluding carboxylic acids is 1. The van der Waals surface area contributed by atoms with Crippen molar-refractivity contribution < 1.29 is 30.0 Å². The van der Waals surface area contributed by atoms with E-state index in [1.54, 1.807) is 6.92 Å². The Morgan fingerprint density at radius 2 is 1.92 bits per heavy atom. The van der Waals surface area contributed by atoms with Crippen molar-refractivity contribution in [3.05, 3.63) is 35.4 Å². The van der Waals surface area contributed by atoms with E-state index >= 15 is 0 Å². The molecule has 0 saturated carbocycles. The highest BCUT2D eigenvalue weighted by atomic mass is 32.1. The van der Waals surface area contributed by atoms with Crippen molar-refractivity contribution in [3.63, 3.8) is 0 Å². The normalized spacial score (nSPS) is 12.1. The quantitative estimate of drug-likeness (QED) is 0.401. The van der Waals surface area contributed by atoms with E-state index in [0.717, 1.165) is 4.57 Å². The van der Waals surface area contributed by atoms with Crippen molar-refractivity contribution in [2.45, 2.75) is 19.4 Å². The number of nitrogens with zero attached hydrogens (tertiary/aromatic N) is 1. The summed E-state index contributed by atoms with van der Waals surface area (Å²) in [6.07, 6.45) is 0.0978. The fourth-order valence-corrected chi connectivity index (χ4v) is 2.71. The molecule has 0 fully saturated rings. The van der Waals surface area contributed by atoms with Crippen LogP contribution in [0.15, 0.2) is 24.3 Å². The zero-order chi connectivity index (χ0) is 17.9. The van der Waals surface area contributed by atoms with Gasteiger partial charge in [0.15, 0.2) is 11.8 Å². The third kappa shape index (κ3) is 3.53. The average Bonchev–Trinajstić information content (AvgIpc) is 2.79. The first-order chi connectivity index (χ1) is 11.4. The number of hydrogen-bond donors (Lipinski definition) is 5. The van der Waals surface area contributed by atoms with Gasteiger partial charge >= 0.3 is 5.97 Å². The highest BCUT2D eigenvalue weighted by Gasteiger charge is 2.27. The van der Waals surface area contributed by atoms with Crippen molar-refractivity contribution in [2.75, 3.05) is 12.4 Å². The van der Waals surface area contributed by atoms with Crippen LogP contribution in [0, 0.1) is 0 Å². The van der Waals surface area contributed by atoms with Gasteiger partial charge in [0.25, 0.3) is 0 Å². The Labute approximate surface area is 144 Å². The van der Waals surface area contributed by atoms with Crippen molar-refractivity contribution in [2.24, 2.45) is 0 Å². The molecule has 1 aromatic heterocycles. The SMILES string of the molecule is CCOC(=O)C(CS)n1c(O)cc(Cc2ccc(O)cc2O)c1O. The number of carbonyl (C=O) groups is 1. The molecular formula is C16H19NO6S. The number of esters is 1. The van der Waals surface area contributed by atoms with Crippen LogP contribution in [-0.2, 0) is 16.0 Å². The lowest BCUT2D eigenvalue weighted by molar-refractivity contribution is -0.146. The van der Waals surface area contributed by atoms with E-state index in [1.807, 2.05) is 0 Å². The maximum Gasteiger partial charge on any atom is 0.330 e. The topological polar surface area (TPSA) is 112 Å². The van der Waals surface area contributed by atoms with Crippen LogP contribution >= 0.6 is 12.6 Å². The fourth-order valence-electron chi connectivity index (χ4n) is 2.40. The van der Waals surface area contributed by atoms with Gasteiger partial charge in [-0.15, -0.1) is 0 Å². The molecule has 1 heterocycles. The molecule has 0 amide bonds. The molecule has 0 saturated heterocycles. The molecule has 0 bridgehead atoms. The van der Waals surface area contributed by atoms with Gasteiger partial charge in [0.2, 0.25) is 0 Å². The number of phenols is 2. The third-order valence-electron chi connectivity index (χ3n) is 3.56. The van der Waals surface area contributed by atoms with Crippen LogP contribution in [-0.4, -0.2) is 43.3 Å².